The molecule has 0 fully saturated rings. The van der Waals surface area contributed by atoms with E-state index in [2.05, 4.69) is 20.9 Å². The third-order valence-electron chi connectivity index (χ3n) is 4.50. The van der Waals surface area contributed by atoms with Crippen LogP contribution in [0.5, 0.6) is 0 Å². The Morgan fingerprint density at radius 1 is 1.00 bits per heavy atom. The molecule has 0 bridgehead atoms. The summed E-state index contributed by atoms with van der Waals surface area (Å²) in [5, 5.41) is 2.99. The first-order chi connectivity index (χ1) is 12.7. The summed E-state index contributed by atoms with van der Waals surface area (Å²) in [4.78, 5) is 16.9. The number of carbonyl (C=O) groups is 1. The quantitative estimate of drug-likeness (QED) is 0.602. The molecule has 2 aromatic heterocycles. The van der Waals surface area contributed by atoms with E-state index in [1.165, 1.54) is 0 Å². The van der Waals surface area contributed by atoms with Crippen molar-refractivity contribution in [1.29, 1.82) is 0 Å². The Bertz CT molecular complexity index is 1030. The lowest BCUT2D eigenvalue weighted by Gasteiger charge is -2.09. The van der Waals surface area contributed by atoms with Gasteiger partial charge in [-0.15, -0.1) is 0 Å². The zero-order valence-electron chi connectivity index (χ0n) is 14.6. The molecule has 0 radical (unpaired) electrons. The number of para-hydroxylation sites is 2. The highest BCUT2D eigenvalue weighted by Gasteiger charge is 2.08. The first-order valence-electron chi connectivity index (χ1n) is 8.66. The maximum atomic E-state index is 12.4. The average Bonchev–Trinajstić information content (AvgIpc) is 3.30. The van der Waals surface area contributed by atoms with Crippen LogP contribution in [0.25, 0.3) is 16.7 Å². The number of amides is 1. The van der Waals surface area contributed by atoms with Crippen molar-refractivity contribution in [1.82, 2.24) is 19.4 Å². The van der Waals surface area contributed by atoms with E-state index in [0.717, 1.165) is 22.5 Å². The van der Waals surface area contributed by atoms with E-state index in [-0.39, 0.29) is 5.91 Å². The van der Waals surface area contributed by atoms with Crippen molar-refractivity contribution in [3.63, 3.8) is 0 Å². The van der Waals surface area contributed by atoms with Crippen LogP contribution in [0.2, 0.25) is 0 Å². The van der Waals surface area contributed by atoms with Crippen LogP contribution in [0, 0.1) is 6.92 Å². The molecule has 0 aliphatic rings. The molecule has 2 heterocycles. The smallest absolute Gasteiger partial charge is 0.251 e. The lowest BCUT2D eigenvalue weighted by molar-refractivity contribution is 0.0952. The van der Waals surface area contributed by atoms with Gasteiger partial charge in [0.05, 0.1) is 11.0 Å². The summed E-state index contributed by atoms with van der Waals surface area (Å²) >= 11 is 0. The summed E-state index contributed by atoms with van der Waals surface area (Å²) in [6.45, 7) is 3.24. The fourth-order valence-electron chi connectivity index (χ4n) is 3.15. The summed E-state index contributed by atoms with van der Waals surface area (Å²) in [5.41, 5.74) is 3.77. The highest BCUT2D eigenvalue weighted by molar-refractivity contribution is 5.94. The highest BCUT2D eigenvalue weighted by Crippen LogP contribution is 2.15. The summed E-state index contributed by atoms with van der Waals surface area (Å²) < 4.78 is 4.14. The first kappa shape index (κ1) is 16.1. The SMILES string of the molecule is Cc1nc2ccccc2n1CCNC(=O)c1ccc(-n2cccc2)cc1. The topological polar surface area (TPSA) is 51.9 Å². The number of carbonyl (C=O) groups excluding carboxylic acids is 1. The number of hydrogen-bond acceptors (Lipinski definition) is 2. The molecule has 0 unspecified atom stereocenters. The van der Waals surface area contributed by atoms with Gasteiger partial charge in [0.2, 0.25) is 0 Å². The molecule has 26 heavy (non-hydrogen) atoms. The normalized spacial score (nSPS) is 11.0. The van der Waals surface area contributed by atoms with Crippen LogP contribution in [0.3, 0.4) is 0 Å². The molecule has 0 aliphatic carbocycles. The van der Waals surface area contributed by atoms with E-state index in [4.69, 9.17) is 0 Å². The van der Waals surface area contributed by atoms with Crippen LogP contribution < -0.4 is 5.32 Å². The van der Waals surface area contributed by atoms with Crippen LogP contribution in [-0.2, 0) is 6.54 Å². The molecule has 5 nitrogen and oxygen atoms in total. The van der Waals surface area contributed by atoms with Crippen molar-refractivity contribution in [3.05, 3.63) is 84.4 Å². The number of hydrogen-bond donors (Lipinski definition) is 1. The molecule has 4 rings (SSSR count). The number of aromatic nitrogens is 3. The van der Waals surface area contributed by atoms with E-state index in [1.54, 1.807) is 0 Å². The molecule has 0 saturated carbocycles. The van der Waals surface area contributed by atoms with Gasteiger partial charge in [-0.05, 0) is 55.5 Å². The Labute approximate surface area is 151 Å². The molecule has 0 spiro atoms. The van der Waals surface area contributed by atoms with E-state index in [9.17, 15) is 4.79 Å². The van der Waals surface area contributed by atoms with Gasteiger partial charge in [0.1, 0.15) is 5.82 Å². The monoisotopic (exact) mass is 344 g/mol. The van der Waals surface area contributed by atoms with Gasteiger partial charge in [-0.25, -0.2) is 4.98 Å². The molecular weight excluding hydrogens is 324 g/mol. The Morgan fingerprint density at radius 2 is 1.73 bits per heavy atom. The minimum atomic E-state index is -0.0638. The predicted octanol–water partition coefficient (Wildman–Crippen LogP) is 3.57. The second-order valence-corrected chi connectivity index (χ2v) is 6.19. The van der Waals surface area contributed by atoms with Crippen molar-refractivity contribution in [3.8, 4) is 5.69 Å². The summed E-state index contributed by atoms with van der Waals surface area (Å²) in [6.07, 6.45) is 3.96. The molecule has 1 N–H and O–H groups in total. The minimum absolute atomic E-state index is 0.0638. The molecule has 2 aromatic carbocycles. The van der Waals surface area contributed by atoms with E-state index >= 15 is 0 Å². The molecule has 1 amide bonds. The second kappa shape index (κ2) is 6.88. The Hall–Kier alpha value is -3.34. The van der Waals surface area contributed by atoms with E-state index in [0.29, 0.717) is 18.7 Å². The standard InChI is InChI=1S/C21H20N4O/c1-16-23-19-6-2-3-7-20(19)25(16)15-12-22-21(26)17-8-10-18(11-9-17)24-13-4-5-14-24/h2-11,13-14H,12,15H2,1H3,(H,22,26). The van der Waals surface area contributed by atoms with Gasteiger partial charge in [-0.3, -0.25) is 4.79 Å². The van der Waals surface area contributed by atoms with Gasteiger partial charge in [0.15, 0.2) is 0 Å². The maximum absolute atomic E-state index is 12.4. The largest absolute Gasteiger partial charge is 0.350 e. The Kier molecular flexibility index (Phi) is 4.27. The minimum Gasteiger partial charge on any atom is -0.350 e. The van der Waals surface area contributed by atoms with Crippen molar-refractivity contribution < 1.29 is 4.79 Å². The number of nitrogens with one attached hydrogen (secondary N) is 1. The third-order valence-corrected chi connectivity index (χ3v) is 4.50. The van der Waals surface area contributed by atoms with Crippen LogP contribution in [-0.4, -0.2) is 26.6 Å². The fraction of sp³-hybridized carbons (Fsp3) is 0.143. The summed E-state index contributed by atoms with van der Waals surface area (Å²) in [6, 6.07) is 19.6. The Balaban J connectivity index is 1.40. The number of imidazole rings is 1. The number of aryl methyl sites for hydroxylation is 1. The van der Waals surface area contributed by atoms with E-state index in [1.807, 2.05) is 78.5 Å². The molecule has 130 valence electrons. The average molecular weight is 344 g/mol. The van der Waals surface area contributed by atoms with Gasteiger partial charge < -0.3 is 14.5 Å². The lowest BCUT2D eigenvalue weighted by atomic mass is 10.2. The molecule has 4 aromatic rings. The third kappa shape index (κ3) is 3.11. The molecular formula is C21H20N4O. The molecule has 0 saturated heterocycles. The van der Waals surface area contributed by atoms with Crippen molar-refractivity contribution in [2.24, 2.45) is 0 Å². The first-order valence-corrected chi connectivity index (χ1v) is 8.66. The van der Waals surface area contributed by atoms with Gasteiger partial charge in [0.25, 0.3) is 5.91 Å². The predicted molar refractivity (Wildman–Crippen MR) is 103 cm³/mol. The zero-order valence-corrected chi connectivity index (χ0v) is 14.6. The molecule has 0 aliphatic heterocycles. The van der Waals surface area contributed by atoms with Gasteiger partial charge in [-0.1, -0.05) is 12.1 Å². The fourth-order valence-corrected chi connectivity index (χ4v) is 3.15. The second-order valence-electron chi connectivity index (χ2n) is 6.19. The highest BCUT2D eigenvalue weighted by atomic mass is 16.1. The number of fused-ring (bicyclic) bond motifs is 1. The van der Waals surface area contributed by atoms with Crippen LogP contribution in [0.1, 0.15) is 16.2 Å². The zero-order chi connectivity index (χ0) is 17.9. The molecule has 0 atom stereocenters. The van der Waals surface area contributed by atoms with E-state index < -0.39 is 0 Å². The van der Waals surface area contributed by atoms with Crippen LogP contribution in [0.15, 0.2) is 73.1 Å². The van der Waals surface area contributed by atoms with Gasteiger partial charge in [-0.2, -0.15) is 0 Å². The van der Waals surface area contributed by atoms with Crippen LogP contribution in [0.4, 0.5) is 0 Å². The number of nitrogens with zero attached hydrogens (tertiary/aromatic N) is 3. The number of benzene rings is 2. The van der Waals surface area contributed by atoms with Gasteiger partial charge >= 0.3 is 0 Å². The summed E-state index contributed by atoms with van der Waals surface area (Å²) in [5.74, 6) is 0.891. The molecule has 5 heteroatoms. The maximum Gasteiger partial charge on any atom is 0.251 e. The van der Waals surface area contributed by atoms with Crippen molar-refractivity contribution in [2.45, 2.75) is 13.5 Å². The van der Waals surface area contributed by atoms with Crippen LogP contribution >= 0.6 is 0 Å². The number of rotatable bonds is 5. The van der Waals surface area contributed by atoms with Crippen molar-refractivity contribution in [2.75, 3.05) is 6.54 Å². The van der Waals surface area contributed by atoms with Gasteiger partial charge in [0, 0.05) is 36.7 Å². The van der Waals surface area contributed by atoms with Crippen molar-refractivity contribution >= 4 is 16.9 Å². The summed E-state index contributed by atoms with van der Waals surface area (Å²) in [7, 11) is 0. The Morgan fingerprint density at radius 3 is 2.50 bits per heavy atom. The lowest BCUT2D eigenvalue weighted by Crippen LogP contribution is -2.27.